The topological polar surface area (TPSA) is 228 Å². The maximum absolute atomic E-state index is 12.3. The first-order valence-electron chi connectivity index (χ1n) is 14.7. The van der Waals surface area contributed by atoms with Gasteiger partial charge in [0, 0.05) is 42.5 Å². The van der Waals surface area contributed by atoms with E-state index in [1.807, 2.05) is 13.8 Å². The van der Waals surface area contributed by atoms with Crippen LogP contribution in [-0.2, 0) is 9.59 Å². The van der Waals surface area contributed by atoms with Crippen molar-refractivity contribution in [3.8, 4) is 0 Å². The summed E-state index contributed by atoms with van der Waals surface area (Å²) < 4.78 is 0. The maximum atomic E-state index is 12.3. The molecule has 0 saturated heterocycles. The fraction of sp³-hybridized carbons (Fsp3) is 0.188. The van der Waals surface area contributed by atoms with Crippen LogP contribution in [0.4, 0.5) is 34.1 Å². The Balaban J connectivity index is 0.000000188. The molecule has 4 heterocycles. The standard InChI is InChI=1S/2C16H14N4O4/c1-2-10-11-7-13(19-15(21)9-3-5-17-6-4-9)14(20(23)24)8-12(11)18-16(10)22;1-2-10-11-6-13(19-15(21)9-4-3-5-17-8-9)14(20(23)24)7-12(11)18-16(10)22/h2*3-8,10H,2H2,1H3,(H,18,22)(H,19,21). The summed E-state index contributed by atoms with van der Waals surface area (Å²) in [6.07, 6.45) is 6.94. The number of nitro benzene ring substituents is 2. The average molecular weight is 653 g/mol. The van der Waals surface area contributed by atoms with Gasteiger partial charge in [-0.25, -0.2) is 0 Å². The molecule has 2 aromatic carbocycles. The number of benzene rings is 2. The van der Waals surface area contributed by atoms with Gasteiger partial charge in [-0.15, -0.1) is 0 Å². The van der Waals surface area contributed by atoms with E-state index in [9.17, 15) is 39.4 Å². The highest BCUT2D eigenvalue weighted by molar-refractivity contribution is 6.09. The molecule has 244 valence electrons. The van der Waals surface area contributed by atoms with E-state index < -0.39 is 21.7 Å². The minimum Gasteiger partial charge on any atom is -0.325 e. The van der Waals surface area contributed by atoms with Crippen LogP contribution in [0.25, 0.3) is 0 Å². The van der Waals surface area contributed by atoms with Gasteiger partial charge in [0.15, 0.2) is 0 Å². The Kier molecular flexibility index (Phi) is 9.44. The Morgan fingerprint density at radius 2 is 1.21 bits per heavy atom. The summed E-state index contributed by atoms with van der Waals surface area (Å²) in [6.45, 7) is 3.71. The van der Waals surface area contributed by atoms with Crippen LogP contribution in [0, 0.1) is 20.2 Å². The second kappa shape index (κ2) is 13.8. The molecule has 16 heteroatoms. The van der Waals surface area contributed by atoms with E-state index in [0.717, 1.165) is 0 Å². The number of hydrogen-bond acceptors (Lipinski definition) is 10. The second-order valence-corrected chi connectivity index (χ2v) is 10.7. The van der Waals surface area contributed by atoms with Crippen molar-refractivity contribution >= 4 is 57.8 Å². The first-order valence-corrected chi connectivity index (χ1v) is 14.7. The van der Waals surface area contributed by atoms with Crippen LogP contribution in [0.1, 0.15) is 70.4 Å². The number of pyridine rings is 2. The summed E-state index contributed by atoms with van der Waals surface area (Å²) in [4.78, 5) is 77.4. The van der Waals surface area contributed by atoms with Crippen molar-refractivity contribution in [2.45, 2.75) is 38.5 Å². The molecule has 2 unspecified atom stereocenters. The van der Waals surface area contributed by atoms with Crippen LogP contribution in [0.5, 0.6) is 0 Å². The molecular weight excluding hydrogens is 624 g/mol. The van der Waals surface area contributed by atoms with Gasteiger partial charge in [0.2, 0.25) is 11.8 Å². The molecule has 0 fully saturated rings. The zero-order valence-corrected chi connectivity index (χ0v) is 25.6. The molecule has 0 bridgehead atoms. The second-order valence-electron chi connectivity index (χ2n) is 10.7. The smallest absolute Gasteiger partial charge is 0.294 e. The van der Waals surface area contributed by atoms with Gasteiger partial charge >= 0.3 is 0 Å². The van der Waals surface area contributed by atoms with E-state index >= 15 is 0 Å². The average Bonchev–Trinajstić information content (AvgIpc) is 3.57. The Labute approximate surface area is 272 Å². The molecule has 0 radical (unpaired) electrons. The van der Waals surface area contributed by atoms with Crippen LogP contribution in [0.2, 0.25) is 0 Å². The monoisotopic (exact) mass is 652 g/mol. The summed E-state index contributed by atoms with van der Waals surface area (Å²) in [5.41, 5.74) is 2.33. The van der Waals surface area contributed by atoms with Gasteiger partial charge < -0.3 is 21.3 Å². The van der Waals surface area contributed by atoms with E-state index in [1.54, 1.807) is 12.1 Å². The van der Waals surface area contributed by atoms with Gasteiger partial charge in [-0.2, -0.15) is 0 Å². The highest BCUT2D eigenvalue weighted by Crippen LogP contribution is 2.42. The summed E-state index contributed by atoms with van der Waals surface area (Å²) in [5, 5.41) is 33.0. The lowest BCUT2D eigenvalue weighted by atomic mass is 9.97. The van der Waals surface area contributed by atoms with Gasteiger partial charge in [-0.3, -0.25) is 49.4 Å². The van der Waals surface area contributed by atoms with Crippen molar-refractivity contribution in [1.82, 2.24) is 9.97 Å². The quantitative estimate of drug-likeness (QED) is 0.140. The van der Waals surface area contributed by atoms with E-state index in [2.05, 4.69) is 31.2 Å². The Bertz CT molecular complexity index is 1810. The largest absolute Gasteiger partial charge is 0.325 e. The number of nitrogens with one attached hydrogen (secondary N) is 4. The Morgan fingerprint density at radius 3 is 1.62 bits per heavy atom. The number of nitro groups is 2. The van der Waals surface area contributed by atoms with E-state index in [-0.39, 0.29) is 52.0 Å². The molecule has 2 atom stereocenters. The van der Waals surface area contributed by atoms with E-state index in [1.165, 1.54) is 61.2 Å². The lowest BCUT2D eigenvalue weighted by Crippen LogP contribution is -2.13. The van der Waals surface area contributed by atoms with Crippen molar-refractivity contribution in [2.24, 2.45) is 0 Å². The SMILES string of the molecule is CCC1C(=O)Nc2cc([N+](=O)[O-])c(NC(=O)c3cccnc3)cc21.CCC1C(=O)Nc2cc([N+](=O)[O-])c(NC(=O)c3ccncc3)cc21. The predicted molar refractivity (Wildman–Crippen MR) is 174 cm³/mol. The third-order valence-electron chi connectivity index (χ3n) is 7.81. The number of aromatic nitrogens is 2. The lowest BCUT2D eigenvalue weighted by molar-refractivity contribution is -0.384. The summed E-state index contributed by atoms with van der Waals surface area (Å²) in [5.74, 6) is -2.13. The number of hydrogen-bond donors (Lipinski definition) is 4. The normalized spacial score (nSPS) is 15.5. The van der Waals surface area contributed by atoms with Gasteiger partial charge in [-0.05, 0) is 60.4 Å². The van der Waals surface area contributed by atoms with Crippen molar-refractivity contribution in [3.63, 3.8) is 0 Å². The first-order chi connectivity index (χ1) is 23.0. The van der Waals surface area contributed by atoms with Crippen LogP contribution >= 0.6 is 0 Å². The minimum atomic E-state index is -0.593. The van der Waals surface area contributed by atoms with Crippen LogP contribution < -0.4 is 21.3 Å². The van der Waals surface area contributed by atoms with E-state index in [4.69, 9.17) is 0 Å². The summed E-state index contributed by atoms with van der Waals surface area (Å²) in [7, 11) is 0. The molecular formula is C32H28N8O8. The molecule has 48 heavy (non-hydrogen) atoms. The maximum Gasteiger partial charge on any atom is 0.294 e. The Morgan fingerprint density at radius 1 is 0.729 bits per heavy atom. The highest BCUT2D eigenvalue weighted by Gasteiger charge is 2.34. The molecule has 2 aliphatic rings. The molecule has 4 aromatic rings. The first kappa shape index (κ1) is 32.8. The van der Waals surface area contributed by atoms with Crippen molar-refractivity contribution < 1.29 is 29.0 Å². The highest BCUT2D eigenvalue weighted by atomic mass is 16.6. The fourth-order valence-electron chi connectivity index (χ4n) is 5.43. The van der Waals surface area contributed by atoms with Crippen LogP contribution in [0.3, 0.4) is 0 Å². The van der Waals surface area contributed by atoms with Crippen molar-refractivity contribution in [1.29, 1.82) is 0 Å². The van der Waals surface area contributed by atoms with Gasteiger partial charge in [0.25, 0.3) is 23.2 Å². The third-order valence-corrected chi connectivity index (χ3v) is 7.81. The molecule has 0 spiro atoms. The van der Waals surface area contributed by atoms with Crippen molar-refractivity contribution in [2.75, 3.05) is 21.3 Å². The summed E-state index contributed by atoms with van der Waals surface area (Å²) in [6, 6.07) is 11.7. The number of nitrogens with zero attached hydrogens (tertiary/aromatic N) is 4. The van der Waals surface area contributed by atoms with Gasteiger partial charge in [-0.1, -0.05) is 13.8 Å². The predicted octanol–water partition coefficient (Wildman–Crippen LogP) is 5.38. The fourth-order valence-corrected chi connectivity index (χ4v) is 5.43. The summed E-state index contributed by atoms with van der Waals surface area (Å²) >= 11 is 0. The number of rotatable bonds is 8. The zero-order valence-electron chi connectivity index (χ0n) is 25.6. The van der Waals surface area contributed by atoms with Gasteiger partial charge in [0.05, 0.1) is 38.6 Å². The number of carbonyl (C=O) groups is 4. The van der Waals surface area contributed by atoms with Crippen LogP contribution in [-0.4, -0.2) is 43.4 Å². The molecule has 2 aromatic heterocycles. The molecule has 16 nitrogen and oxygen atoms in total. The number of fused-ring (bicyclic) bond motifs is 2. The lowest BCUT2D eigenvalue weighted by Gasteiger charge is -2.10. The molecule has 0 aliphatic carbocycles. The molecule has 6 rings (SSSR count). The van der Waals surface area contributed by atoms with Crippen molar-refractivity contribution in [3.05, 3.63) is 116 Å². The molecule has 2 aliphatic heterocycles. The molecule has 4 amide bonds. The number of anilines is 4. The third kappa shape index (κ3) is 6.67. The number of amides is 4. The van der Waals surface area contributed by atoms with Crippen LogP contribution in [0.15, 0.2) is 73.3 Å². The number of carbonyl (C=O) groups excluding carboxylic acids is 4. The zero-order chi connectivity index (χ0) is 34.5. The molecule has 4 N–H and O–H groups in total. The van der Waals surface area contributed by atoms with Gasteiger partial charge in [0.1, 0.15) is 11.4 Å². The minimum absolute atomic E-state index is 0.0579. The van der Waals surface area contributed by atoms with E-state index in [0.29, 0.717) is 40.9 Å². The molecule has 0 saturated carbocycles. The Hall–Kier alpha value is -6.58.